The Kier molecular flexibility index (Phi) is 5.69. The SMILES string of the molecule is Cl.NC(=O)C1CCCN(C(=O)CN2CC3CCC(N)C3C2)C1. The number of nitrogens with zero attached hydrogens (tertiary/aromatic N) is 2. The van der Waals surface area contributed by atoms with Crippen LogP contribution in [0.25, 0.3) is 0 Å². The van der Waals surface area contributed by atoms with Crippen LogP contribution in [0.3, 0.4) is 0 Å². The average molecular weight is 331 g/mol. The van der Waals surface area contributed by atoms with Gasteiger partial charge in [-0.25, -0.2) is 0 Å². The Morgan fingerprint density at radius 2 is 1.86 bits per heavy atom. The fourth-order valence-electron chi connectivity index (χ4n) is 4.26. The van der Waals surface area contributed by atoms with Gasteiger partial charge in [-0.05, 0) is 37.5 Å². The zero-order valence-electron chi connectivity index (χ0n) is 12.9. The summed E-state index contributed by atoms with van der Waals surface area (Å²) >= 11 is 0. The van der Waals surface area contributed by atoms with Crippen molar-refractivity contribution in [2.24, 2.45) is 29.2 Å². The van der Waals surface area contributed by atoms with E-state index >= 15 is 0 Å². The number of hydrogen-bond donors (Lipinski definition) is 2. The van der Waals surface area contributed by atoms with Gasteiger partial charge in [0.1, 0.15) is 0 Å². The number of rotatable bonds is 3. The molecule has 0 aromatic heterocycles. The van der Waals surface area contributed by atoms with Crippen LogP contribution < -0.4 is 11.5 Å². The second kappa shape index (κ2) is 7.15. The van der Waals surface area contributed by atoms with E-state index in [1.165, 1.54) is 6.42 Å². The van der Waals surface area contributed by atoms with E-state index in [1.54, 1.807) is 0 Å². The molecule has 126 valence electrons. The topological polar surface area (TPSA) is 92.7 Å². The number of likely N-dealkylation sites (tertiary alicyclic amines) is 2. The second-order valence-corrected chi connectivity index (χ2v) is 6.94. The molecule has 2 saturated heterocycles. The number of nitrogens with two attached hydrogens (primary N) is 2. The number of halogens is 1. The number of amides is 2. The monoisotopic (exact) mass is 330 g/mol. The van der Waals surface area contributed by atoms with E-state index in [1.807, 2.05) is 4.90 Å². The number of primary amides is 1. The lowest BCUT2D eigenvalue weighted by Gasteiger charge is -2.32. The van der Waals surface area contributed by atoms with Crippen molar-refractivity contribution in [3.05, 3.63) is 0 Å². The summed E-state index contributed by atoms with van der Waals surface area (Å²) in [5, 5.41) is 0. The van der Waals surface area contributed by atoms with Gasteiger partial charge in [0.05, 0.1) is 12.5 Å². The number of hydrogen-bond acceptors (Lipinski definition) is 4. The van der Waals surface area contributed by atoms with E-state index in [4.69, 9.17) is 11.5 Å². The molecule has 4 N–H and O–H groups in total. The average Bonchev–Trinajstić information content (AvgIpc) is 3.01. The molecule has 0 bridgehead atoms. The van der Waals surface area contributed by atoms with Crippen molar-refractivity contribution in [2.75, 3.05) is 32.7 Å². The van der Waals surface area contributed by atoms with Gasteiger partial charge in [-0.3, -0.25) is 14.5 Å². The van der Waals surface area contributed by atoms with Crippen LogP contribution in [0.4, 0.5) is 0 Å². The molecular weight excluding hydrogens is 304 g/mol. The van der Waals surface area contributed by atoms with Crippen LogP contribution in [0, 0.1) is 17.8 Å². The summed E-state index contributed by atoms with van der Waals surface area (Å²) in [5.41, 5.74) is 11.5. The molecular formula is C15H27ClN4O2. The molecule has 1 aliphatic carbocycles. The number of carbonyl (C=O) groups excluding carboxylic acids is 2. The van der Waals surface area contributed by atoms with Crippen molar-refractivity contribution in [3.63, 3.8) is 0 Å². The lowest BCUT2D eigenvalue weighted by atomic mass is 9.97. The maximum Gasteiger partial charge on any atom is 0.236 e. The van der Waals surface area contributed by atoms with Crippen LogP contribution in [0.5, 0.6) is 0 Å². The second-order valence-electron chi connectivity index (χ2n) is 6.94. The molecule has 0 aromatic carbocycles. The normalized spacial score (nSPS) is 35.0. The van der Waals surface area contributed by atoms with Crippen LogP contribution in [-0.4, -0.2) is 60.4 Å². The highest BCUT2D eigenvalue weighted by Gasteiger charge is 2.41. The van der Waals surface area contributed by atoms with E-state index in [-0.39, 0.29) is 30.1 Å². The standard InChI is InChI=1S/C15H26N4O2.ClH/c16-13-4-3-10-6-18(8-12(10)13)9-14(20)19-5-1-2-11(7-19)15(17)21;/h10-13H,1-9,16H2,(H2,17,21);1H. The van der Waals surface area contributed by atoms with Gasteiger partial charge in [0.2, 0.25) is 11.8 Å². The Bertz CT molecular complexity index is 434. The van der Waals surface area contributed by atoms with Gasteiger partial charge in [-0.1, -0.05) is 0 Å². The first kappa shape index (κ1) is 17.5. The first-order chi connectivity index (χ1) is 10.0. The van der Waals surface area contributed by atoms with Gasteiger partial charge < -0.3 is 16.4 Å². The quantitative estimate of drug-likeness (QED) is 0.749. The third kappa shape index (κ3) is 3.55. The third-order valence-corrected chi connectivity index (χ3v) is 5.52. The van der Waals surface area contributed by atoms with Crippen molar-refractivity contribution >= 4 is 24.2 Å². The van der Waals surface area contributed by atoms with E-state index < -0.39 is 0 Å². The predicted molar refractivity (Wildman–Crippen MR) is 86.4 cm³/mol. The molecule has 4 atom stereocenters. The minimum atomic E-state index is -0.283. The molecule has 3 rings (SSSR count). The fourth-order valence-corrected chi connectivity index (χ4v) is 4.26. The van der Waals surface area contributed by atoms with E-state index in [9.17, 15) is 9.59 Å². The van der Waals surface area contributed by atoms with Gasteiger partial charge >= 0.3 is 0 Å². The summed E-state index contributed by atoms with van der Waals surface area (Å²) in [6, 6.07) is 0.310. The number of carbonyl (C=O) groups is 2. The van der Waals surface area contributed by atoms with Crippen LogP contribution in [0.1, 0.15) is 25.7 Å². The van der Waals surface area contributed by atoms with Crippen LogP contribution >= 0.6 is 12.4 Å². The number of fused-ring (bicyclic) bond motifs is 1. The molecule has 2 heterocycles. The highest BCUT2D eigenvalue weighted by molar-refractivity contribution is 5.85. The lowest BCUT2D eigenvalue weighted by Crippen LogP contribution is -2.47. The molecule has 7 heteroatoms. The largest absolute Gasteiger partial charge is 0.369 e. The van der Waals surface area contributed by atoms with Crippen LogP contribution in [0.2, 0.25) is 0 Å². The smallest absolute Gasteiger partial charge is 0.236 e. The summed E-state index contributed by atoms with van der Waals surface area (Å²) in [6.45, 7) is 3.66. The molecule has 0 aromatic rings. The Morgan fingerprint density at radius 1 is 1.09 bits per heavy atom. The zero-order chi connectivity index (χ0) is 15.0. The molecule has 2 aliphatic heterocycles. The van der Waals surface area contributed by atoms with Gasteiger partial charge in [-0.15, -0.1) is 12.4 Å². The first-order valence-electron chi connectivity index (χ1n) is 8.09. The maximum atomic E-state index is 12.4. The highest BCUT2D eigenvalue weighted by atomic mass is 35.5. The molecule has 6 nitrogen and oxygen atoms in total. The predicted octanol–water partition coefficient (Wildman–Crippen LogP) is -0.199. The summed E-state index contributed by atoms with van der Waals surface area (Å²) in [7, 11) is 0. The molecule has 0 spiro atoms. The maximum absolute atomic E-state index is 12.4. The molecule has 2 amide bonds. The Morgan fingerprint density at radius 3 is 2.55 bits per heavy atom. The van der Waals surface area contributed by atoms with Crippen LogP contribution in [-0.2, 0) is 9.59 Å². The van der Waals surface area contributed by atoms with E-state index in [0.29, 0.717) is 31.0 Å². The van der Waals surface area contributed by atoms with Crippen molar-refractivity contribution in [1.82, 2.24) is 9.80 Å². The summed E-state index contributed by atoms with van der Waals surface area (Å²) in [6.07, 6.45) is 4.00. The molecule has 22 heavy (non-hydrogen) atoms. The zero-order valence-corrected chi connectivity index (χ0v) is 13.8. The minimum absolute atomic E-state index is 0. The Labute approximate surface area is 138 Å². The molecule has 1 saturated carbocycles. The summed E-state index contributed by atoms with van der Waals surface area (Å²) in [4.78, 5) is 27.8. The fraction of sp³-hybridized carbons (Fsp3) is 0.867. The lowest BCUT2D eigenvalue weighted by molar-refractivity contribution is -0.135. The van der Waals surface area contributed by atoms with Gasteiger partial charge in [0, 0.05) is 32.2 Å². The van der Waals surface area contributed by atoms with E-state index in [2.05, 4.69) is 4.90 Å². The van der Waals surface area contributed by atoms with Crippen molar-refractivity contribution in [2.45, 2.75) is 31.7 Å². The molecule has 3 aliphatic rings. The molecule has 4 unspecified atom stereocenters. The third-order valence-electron chi connectivity index (χ3n) is 5.52. The first-order valence-corrected chi connectivity index (χ1v) is 8.09. The molecule has 0 radical (unpaired) electrons. The highest BCUT2D eigenvalue weighted by Crippen LogP contribution is 2.37. The van der Waals surface area contributed by atoms with Gasteiger partial charge in [0.15, 0.2) is 0 Å². The summed E-state index contributed by atoms with van der Waals surface area (Å²) < 4.78 is 0. The minimum Gasteiger partial charge on any atom is -0.369 e. The van der Waals surface area contributed by atoms with E-state index in [0.717, 1.165) is 38.9 Å². The van der Waals surface area contributed by atoms with Gasteiger partial charge in [0.25, 0.3) is 0 Å². The van der Waals surface area contributed by atoms with Crippen LogP contribution in [0.15, 0.2) is 0 Å². The van der Waals surface area contributed by atoms with Crippen molar-refractivity contribution in [3.8, 4) is 0 Å². The molecule has 3 fully saturated rings. The van der Waals surface area contributed by atoms with Crippen molar-refractivity contribution < 1.29 is 9.59 Å². The number of piperidine rings is 1. The van der Waals surface area contributed by atoms with Crippen molar-refractivity contribution in [1.29, 1.82) is 0 Å². The Hall–Kier alpha value is -0.850. The Balaban J connectivity index is 0.00000176. The summed E-state index contributed by atoms with van der Waals surface area (Å²) in [5.74, 6) is 0.919. The van der Waals surface area contributed by atoms with Gasteiger partial charge in [-0.2, -0.15) is 0 Å².